The molecule has 0 radical (unpaired) electrons. The van der Waals surface area contributed by atoms with Crippen LogP contribution < -0.4 is 9.64 Å². The van der Waals surface area contributed by atoms with E-state index in [9.17, 15) is 8.42 Å². The van der Waals surface area contributed by atoms with E-state index in [0.717, 1.165) is 0 Å². The zero-order chi connectivity index (χ0) is 14.5. The average Bonchev–Trinajstić information content (AvgIpc) is 2.79. The number of methoxy groups -OCH3 is 1. The molecule has 108 valence electrons. The number of hydrogen-bond acceptors (Lipinski definition) is 5. The van der Waals surface area contributed by atoms with Gasteiger partial charge in [-0.1, -0.05) is 23.4 Å². The van der Waals surface area contributed by atoms with Gasteiger partial charge in [-0.05, 0) is 18.2 Å². The fourth-order valence-corrected chi connectivity index (χ4v) is 6.59. The summed E-state index contributed by atoms with van der Waals surface area (Å²) in [6.07, 6.45) is 0. The van der Waals surface area contributed by atoms with E-state index >= 15 is 0 Å². The molecule has 1 aromatic rings. The van der Waals surface area contributed by atoms with Crippen molar-refractivity contribution < 1.29 is 13.2 Å². The normalized spacial score (nSPS) is 27.7. The molecule has 2 heterocycles. The highest BCUT2D eigenvalue weighted by Gasteiger charge is 2.49. The molecule has 20 heavy (non-hydrogen) atoms. The maximum absolute atomic E-state index is 11.8. The van der Waals surface area contributed by atoms with E-state index in [1.807, 2.05) is 0 Å². The summed E-state index contributed by atoms with van der Waals surface area (Å²) in [5.41, 5.74) is 0.655. The van der Waals surface area contributed by atoms with Crippen LogP contribution in [0.1, 0.15) is 0 Å². The number of nitrogens with one attached hydrogen (secondary N) is 1. The molecule has 0 unspecified atom stereocenters. The third-order valence-corrected chi connectivity index (χ3v) is 6.85. The molecule has 8 heteroatoms. The molecule has 5 nitrogen and oxygen atoms in total. The second-order valence-electron chi connectivity index (χ2n) is 4.79. The first kappa shape index (κ1) is 14.0. The predicted molar refractivity (Wildman–Crippen MR) is 82.0 cm³/mol. The molecule has 0 aliphatic carbocycles. The van der Waals surface area contributed by atoms with E-state index in [-0.39, 0.29) is 22.8 Å². The Balaban J connectivity index is 2.05. The number of hydrogen-bond donors (Lipinski definition) is 1. The third-order valence-electron chi connectivity index (χ3n) is 3.49. The molecule has 0 bridgehead atoms. The molecular formula is C12H13ClN2O3S2. The van der Waals surface area contributed by atoms with E-state index < -0.39 is 9.84 Å². The number of amidine groups is 1. The van der Waals surface area contributed by atoms with Crippen molar-refractivity contribution in [3.8, 4) is 5.75 Å². The number of ether oxygens (including phenoxy) is 1. The summed E-state index contributed by atoms with van der Waals surface area (Å²) in [6, 6.07) is 4.93. The Kier molecular flexibility index (Phi) is 3.38. The van der Waals surface area contributed by atoms with Crippen LogP contribution in [0.3, 0.4) is 0 Å². The van der Waals surface area contributed by atoms with Crippen LogP contribution in [0.2, 0.25) is 5.02 Å². The van der Waals surface area contributed by atoms with Crippen LogP contribution in [0.15, 0.2) is 18.2 Å². The van der Waals surface area contributed by atoms with Crippen LogP contribution in [0.5, 0.6) is 5.75 Å². The Morgan fingerprint density at radius 3 is 2.90 bits per heavy atom. The lowest BCUT2D eigenvalue weighted by Gasteiger charge is -2.25. The van der Waals surface area contributed by atoms with Crippen molar-refractivity contribution in [2.24, 2.45) is 0 Å². The van der Waals surface area contributed by atoms with E-state index in [1.165, 1.54) is 11.8 Å². The molecule has 1 aromatic carbocycles. The summed E-state index contributed by atoms with van der Waals surface area (Å²) in [6.45, 7) is 0. The molecule has 2 saturated heterocycles. The van der Waals surface area contributed by atoms with Gasteiger partial charge in [-0.3, -0.25) is 5.41 Å². The van der Waals surface area contributed by atoms with Crippen molar-refractivity contribution in [2.45, 2.75) is 11.3 Å². The fraction of sp³-hybridized carbons (Fsp3) is 0.417. The van der Waals surface area contributed by atoms with Gasteiger partial charge in [0.25, 0.3) is 0 Å². The van der Waals surface area contributed by atoms with Crippen LogP contribution in [-0.4, -0.2) is 43.5 Å². The Labute approximate surface area is 126 Å². The van der Waals surface area contributed by atoms with Crippen molar-refractivity contribution in [1.29, 1.82) is 5.41 Å². The molecule has 2 aliphatic heterocycles. The molecule has 0 aromatic heterocycles. The molecular weight excluding hydrogens is 320 g/mol. The van der Waals surface area contributed by atoms with E-state index in [1.54, 1.807) is 30.2 Å². The van der Waals surface area contributed by atoms with Crippen LogP contribution >= 0.6 is 23.4 Å². The van der Waals surface area contributed by atoms with Crippen molar-refractivity contribution in [2.75, 3.05) is 23.5 Å². The van der Waals surface area contributed by atoms with Gasteiger partial charge < -0.3 is 9.64 Å². The van der Waals surface area contributed by atoms with Gasteiger partial charge in [0.1, 0.15) is 5.75 Å². The van der Waals surface area contributed by atoms with Gasteiger partial charge in [0.05, 0.1) is 30.3 Å². The Morgan fingerprint density at radius 2 is 2.20 bits per heavy atom. The largest absolute Gasteiger partial charge is 0.495 e. The lowest BCUT2D eigenvalue weighted by Crippen LogP contribution is -2.37. The maximum atomic E-state index is 11.8. The minimum Gasteiger partial charge on any atom is -0.495 e. The summed E-state index contributed by atoms with van der Waals surface area (Å²) in [7, 11) is -1.49. The lowest BCUT2D eigenvalue weighted by atomic mass is 10.2. The average molecular weight is 333 g/mol. The molecule has 3 rings (SSSR count). The number of anilines is 1. The van der Waals surface area contributed by atoms with Crippen molar-refractivity contribution in [1.82, 2.24) is 0 Å². The van der Waals surface area contributed by atoms with Gasteiger partial charge in [-0.25, -0.2) is 8.42 Å². The smallest absolute Gasteiger partial charge is 0.161 e. The molecule has 0 amide bonds. The molecule has 0 spiro atoms. The molecule has 1 N–H and O–H groups in total. The topological polar surface area (TPSA) is 70.5 Å². The van der Waals surface area contributed by atoms with Gasteiger partial charge in [0.15, 0.2) is 15.0 Å². The third kappa shape index (κ3) is 2.27. The van der Waals surface area contributed by atoms with Crippen LogP contribution in [-0.2, 0) is 9.84 Å². The number of halogens is 1. The van der Waals surface area contributed by atoms with E-state index in [0.29, 0.717) is 21.6 Å². The van der Waals surface area contributed by atoms with E-state index in [4.69, 9.17) is 21.7 Å². The Hall–Kier alpha value is -0.920. The highest BCUT2D eigenvalue weighted by molar-refractivity contribution is 8.15. The monoisotopic (exact) mass is 332 g/mol. The minimum absolute atomic E-state index is 0.0721. The second-order valence-corrected chi connectivity index (χ2v) is 8.61. The first-order valence-corrected chi connectivity index (χ1v) is 9.07. The summed E-state index contributed by atoms with van der Waals surface area (Å²) in [4.78, 5) is 1.73. The number of nitrogens with zero attached hydrogens (tertiary/aromatic N) is 1. The van der Waals surface area contributed by atoms with Crippen LogP contribution in [0.4, 0.5) is 5.69 Å². The molecule has 0 saturated carbocycles. The van der Waals surface area contributed by atoms with Gasteiger partial charge >= 0.3 is 0 Å². The number of benzene rings is 1. The number of rotatable bonds is 2. The van der Waals surface area contributed by atoms with Gasteiger partial charge in [0.2, 0.25) is 0 Å². The molecule has 2 fully saturated rings. The van der Waals surface area contributed by atoms with Crippen molar-refractivity contribution >= 4 is 44.1 Å². The zero-order valence-electron chi connectivity index (χ0n) is 10.7. The quantitative estimate of drug-likeness (QED) is 0.897. The number of fused-ring (bicyclic) bond motifs is 1. The highest BCUT2D eigenvalue weighted by atomic mass is 35.5. The number of sulfone groups is 1. The Bertz CT molecular complexity index is 677. The first-order valence-electron chi connectivity index (χ1n) is 6.00. The fourth-order valence-electron chi connectivity index (χ4n) is 2.64. The summed E-state index contributed by atoms with van der Waals surface area (Å²) >= 11 is 7.32. The SMILES string of the molecule is COc1ccc(Cl)cc1N1C(=N)S[C@@H]2CS(=O)(=O)C[C@@H]21. The summed E-state index contributed by atoms with van der Waals surface area (Å²) in [5, 5.41) is 8.90. The maximum Gasteiger partial charge on any atom is 0.161 e. The second kappa shape index (κ2) is 4.82. The van der Waals surface area contributed by atoms with Crippen LogP contribution in [0, 0.1) is 5.41 Å². The molecule has 2 aliphatic rings. The molecule has 2 atom stereocenters. The minimum atomic E-state index is -3.03. The summed E-state index contributed by atoms with van der Waals surface area (Å²) < 4.78 is 28.9. The Morgan fingerprint density at radius 1 is 1.45 bits per heavy atom. The zero-order valence-corrected chi connectivity index (χ0v) is 13.1. The van der Waals surface area contributed by atoms with Crippen molar-refractivity contribution in [3.63, 3.8) is 0 Å². The highest BCUT2D eigenvalue weighted by Crippen LogP contribution is 2.43. The van der Waals surface area contributed by atoms with Crippen molar-refractivity contribution in [3.05, 3.63) is 23.2 Å². The number of thioether (sulfide) groups is 1. The van der Waals surface area contributed by atoms with E-state index in [2.05, 4.69) is 0 Å². The van der Waals surface area contributed by atoms with Gasteiger partial charge in [-0.15, -0.1) is 0 Å². The van der Waals surface area contributed by atoms with Crippen LogP contribution in [0.25, 0.3) is 0 Å². The van der Waals surface area contributed by atoms with Gasteiger partial charge in [-0.2, -0.15) is 0 Å². The standard InChI is InChI=1S/C12H13ClN2O3S2/c1-18-10-3-2-7(13)4-8(10)15-9-5-20(16,17)6-11(9)19-12(15)14/h2-4,9,11,14H,5-6H2,1H3/t9-,11+/m0/s1. The van der Waals surface area contributed by atoms with Gasteiger partial charge in [0, 0.05) is 10.3 Å². The lowest BCUT2D eigenvalue weighted by molar-refractivity contribution is 0.415. The summed E-state index contributed by atoms with van der Waals surface area (Å²) in [5.74, 6) is 0.789. The first-order chi connectivity index (χ1) is 9.41. The predicted octanol–water partition coefficient (Wildman–Crippen LogP) is 2.00.